The fraction of sp³-hybridized carbons (Fsp3) is 0.108. The molecule has 0 spiro atoms. The molecule has 77 heavy (non-hydrogen) atoms. The number of para-hydroxylation sites is 3. The van der Waals surface area contributed by atoms with E-state index in [-0.39, 0.29) is 17.8 Å². The van der Waals surface area contributed by atoms with E-state index < -0.39 is 0 Å². The lowest BCUT2D eigenvalue weighted by Gasteiger charge is -2.21. The Bertz CT molecular complexity index is 3970. The molecule has 372 valence electrons. The summed E-state index contributed by atoms with van der Waals surface area (Å²) in [5.41, 5.74) is 27.0. The van der Waals surface area contributed by atoms with Crippen LogP contribution < -0.4 is 0 Å². The quantitative estimate of drug-likeness (QED) is 0.129. The third kappa shape index (κ3) is 9.19. The van der Waals surface area contributed by atoms with Crippen molar-refractivity contribution in [3.8, 4) is 0 Å². The van der Waals surface area contributed by atoms with Gasteiger partial charge in [-0.3, -0.25) is 0 Å². The molecule has 0 saturated heterocycles. The average molecular weight is 992 g/mol. The molecule has 3 N–H and O–H groups in total. The molecule has 15 rings (SSSR count). The molecule has 3 aliphatic rings. The number of aryl methyl sites for hydroxylation is 2. The number of aromatic amines is 3. The second-order valence-electron chi connectivity index (χ2n) is 21.0. The van der Waals surface area contributed by atoms with Crippen LogP contribution in [0, 0.1) is 13.8 Å². The highest BCUT2D eigenvalue weighted by Gasteiger charge is 2.30. The summed E-state index contributed by atoms with van der Waals surface area (Å²) >= 11 is 0. The molecule has 0 amide bonds. The molecule has 3 heterocycles. The van der Waals surface area contributed by atoms with Crippen LogP contribution in [0.15, 0.2) is 261 Å². The second kappa shape index (κ2) is 20.9. The van der Waals surface area contributed by atoms with Crippen molar-refractivity contribution >= 4 is 49.4 Å². The number of H-pyrrole nitrogens is 3. The lowest BCUT2D eigenvalue weighted by molar-refractivity contribution is 1.06. The highest BCUT2D eigenvalue weighted by Crippen LogP contribution is 2.47. The van der Waals surface area contributed by atoms with Crippen molar-refractivity contribution in [1.82, 2.24) is 15.0 Å². The number of fused-ring (bicyclic) bond motifs is 6. The fourth-order valence-corrected chi connectivity index (χ4v) is 12.5. The third-order valence-corrected chi connectivity index (χ3v) is 16.3. The fourth-order valence-electron chi connectivity index (χ4n) is 12.5. The Labute approximate surface area is 452 Å². The highest BCUT2D eigenvalue weighted by molar-refractivity contribution is 5.93. The zero-order chi connectivity index (χ0) is 51.7. The van der Waals surface area contributed by atoms with Crippen molar-refractivity contribution in [2.75, 3.05) is 0 Å². The normalized spacial score (nSPS) is 14.3. The lowest BCUT2D eigenvalue weighted by atomic mass is 9.82. The standard InChI is InChI=1S/2C25H21N.C24H19N/c2*1-17-10-12-19(13-11-17)25(22-15-14-18-6-2-3-7-20(18)22)23-16-26-24-9-5-4-8-21(23)24;1-2-9-18(10-3-1)24(21-15-14-17-8-4-5-11-19(17)21)22-16-25-23-13-7-6-12-20(22)23/h2*2-13,15-16,25-26H,14H2,1H3;1-13,15-16,24-25H,14H2. The Morgan fingerprint density at radius 1 is 0.286 bits per heavy atom. The second-order valence-corrected chi connectivity index (χ2v) is 21.0. The van der Waals surface area contributed by atoms with E-state index in [1.54, 1.807) is 0 Å². The zero-order valence-corrected chi connectivity index (χ0v) is 43.7. The Hall–Kier alpha value is -9.18. The molecule has 0 fully saturated rings. The molecule has 3 heteroatoms. The van der Waals surface area contributed by atoms with E-state index in [0.29, 0.717) is 0 Å². The van der Waals surface area contributed by atoms with Gasteiger partial charge >= 0.3 is 0 Å². The number of benzene rings is 9. The van der Waals surface area contributed by atoms with E-state index in [0.717, 1.165) is 19.3 Å². The first-order valence-corrected chi connectivity index (χ1v) is 27.2. The van der Waals surface area contributed by atoms with Gasteiger partial charge in [0, 0.05) is 69.1 Å². The van der Waals surface area contributed by atoms with Crippen LogP contribution in [0.4, 0.5) is 0 Å². The van der Waals surface area contributed by atoms with Gasteiger partial charge in [-0.15, -0.1) is 0 Å². The number of allylic oxidation sites excluding steroid dienone is 6. The Morgan fingerprint density at radius 3 is 0.922 bits per heavy atom. The van der Waals surface area contributed by atoms with Crippen molar-refractivity contribution in [1.29, 1.82) is 0 Å². The van der Waals surface area contributed by atoms with Crippen molar-refractivity contribution in [2.24, 2.45) is 0 Å². The predicted molar refractivity (Wildman–Crippen MR) is 324 cm³/mol. The topological polar surface area (TPSA) is 47.4 Å². The van der Waals surface area contributed by atoms with Gasteiger partial charge in [0.05, 0.1) is 0 Å². The third-order valence-electron chi connectivity index (χ3n) is 16.3. The van der Waals surface area contributed by atoms with Crippen LogP contribution >= 0.6 is 0 Å². The van der Waals surface area contributed by atoms with Gasteiger partial charge in [-0.1, -0.05) is 236 Å². The van der Waals surface area contributed by atoms with E-state index in [9.17, 15) is 0 Å². The molecule has 0 bridgehead atoms. The van der Waals surface area contributed by atoms with Crippen LogP contribution in [0.1, 0.15) is 95.6 Å². The maximum absolute atomic E-state index is 3.47. The van der Waals surface area contributed by atoms with Gasteiger partial charge in [-0.2, -0.15) is 0 Å². The molecule has 0 aliphatic heterocycles. The molecule has 9 aromatic carbocycles. The van der Waals surface area contributed by atoms with Crippen molar-refractivity contribution in [3.05, 3.63) is 339 Å². The number of nitrogens with one attached hydrogen (secondary N) is 3. The van der Waals surface area contributed by atoms with Crippen LogP contribution in [0.5, 0.6) is 0 Å². The first kappa shape index (κ1) is 47.5. The molecular weight excluding hydrogens is 931 g/mol. The van der Waals surface area contributed by atoms with Crippen LogP contribution in [0.25, 0.3) is 49.4 Å². The average Bonchev–Trinajstić information content (AvgIpc) is 4.42. The van der Waals surface area contributed by atoms with Crippen LogP contribution in [-0.2, 0) is 19.3 Å². The largest absolute Gasteiger partial charge is 0.361 e. The van der Waals surface area contributed by atoms with Gasteiger partial charge < -0.3 is 15.0 Å². The van der Waals surface area contributed by atoms with Gasteiger partial charge in [0.15, 0.2) is 0 Å². The summed E-state index contributed by atoms with van der Waals surface area (Å²) in [6.07, 6.45) is 16.9. The van der Waals surface area contributed by atoms with Crippen molar-refractivity contribution in [3.63, 3.8) is 0 Å². The van der Waals surface area contributed by atoms with Gasteiger partial charge in [-0.25, -0.2) is 0 Å². The zero-order valence-electron chi connectivity index (χ0n) is 43.7. The number of hydrogen-bond acceptors (Lipinski definition) is 0. The minimum atomic E-state index is 0.246. The number of hydrogen-bond donors (Lipinski definition) is 3. The smallest absolute Gasteiger partial charge is 0.0457 e. The van der Waals surface area contributed by atoms with Gasteiger partial charge in [-0.05, 0) is 135 Å². The highest BCUT2D eigenvalue weighted by atomic mass is 14.7. The van der Waals surface area contributed by atoms with Crippen LogP contribution in [0.3, 0.4) is 0 Å². The summed E-state index contributed by atoms with van der Waals surface area (Å²) in [6.45, 7) is 4.29. The molecular formula is C74H61N3. The molecule has 3 aromatic heterocycles. The first-order valence-electron chi connectivity index (χ1n) is 27.2. The minimum absolute atomic E-state index is 0.246. The summed E-state index contributed by atoms with van der Waals surface area (Å²) in [5, 5.41) is 3.92. The van der Waals surface area contributed by atoms with E-state index in [2.05, 4.69) is 290 Å². The summed E-state index contributed by atoms with van der Waals surface area (Å²) < 4.78 is 0. The molecule has 3 aliphatic carbocycles. The van der Waals surface area contributed by atoms with Crippen molar-refractivity contribution < 1.29 is 0 Å². The van der Waals surface area contributed by atoms with E-state index in [1.165, 1.54) is 127 Å². The number of rotatable bonds is 9. The molecule has 3 unspecified atom stereocenters. The lowest BCUT2D eigenvalue weighted by Crippen LogP contribution is -2.03. The molecule has 3 atom stereocenters. The summed E-state index contributed by atoms with van der Waals surface area (Å²) in [5.74, 6) is 0.742. The van der Waals surface area contributed by atoms with E-state index in [1.807, 2.05) is 0 Å². The van der Waals surface area contributed by atoms with Gasteiger partial charge in [0.2, 0.25) is 0 Å². The monoisotopic (exact) mass is 991 g/mol. The molecule has 12 aromatic rings. The molecule has 0 saturated carbocycles. The minimum Gasteiger partial charge on any atom is -0.361 e. The summed E-state index contributed by atoms with van der Waals surface area (Å²) in [7, 11) is 0. The molecule has 0 radical (unpaired) electrons. The SMILES string of the molecule is C1=C(C(c2ccccc2)c2c[nH]c3ccccc23)c2ccccc2C1.Cc1ccc(C(C2=CCc3ccccc32)c2c[nH]c3ccccc23)cc1.Cc1ccc(C(C2=CCc3ccccc32)c2c[nH]c3ccccc23)cc1. The van der Waals surface area contributed by atoms with Crippen LogP contribution in [0.2, 0.25) is 0 Å². The first-order chi connectivity index (χ1) is 38.0. The maximum Gasteiger partial charge on any atom is 0.0457 e. The number of aromatic nitrogens is 3. The Kier molecular flexibility index (Phi) is 12.9. The van der Waals surface area contributed by atoms with E-state index in [4.69, 9.17) is 0 Å². The predicted octanol–water partition coefficient (Wildman–Crippen LogP) is 18.4. The van der Waals surface area contributed by atoms with Gasteiger partial charge in [0.1, 0.15) is 0 Å². The van der Waals surface area contributed by atoms with E-state index >= 15 is 0 Å². The maximum atomic E-state index is 3.47. The van der Waals surface area contributed by atoms with Crippen LogP contribution in [-0.4, -0.2) is 15.0 Å². The summed E-state index contributed by atoms with van der Waals surface area (Å²) in [6, 6.07) is 81.1. The van der Waals surface area contributed by atoms with Crippen molar-refractivity contribution in [2.45, 2.75) is 50.9 Å². The van der Waals surface area contributed by atoms with Gasteiger partial charge in [0.25, 0.3) is 0 Å². The summed E-state index contributed by atoms with van der Waals surface area (Å²) in [4.78, 5) is 10.4. The Morgan fingerprint density at radius 2 is 0.571 bits per heavy atom. The Balaban J connectivity index is 0.000000110. The molecule has 3 nitrogen and oxygen atoms in total.